The first-order valence-corrected chi connectivity index (χ1v) is 8.84. The van der Waals surface area contributed by atoms with Gasteiger partial charge in [0, 0.05) is 18.0 Å². The summed E-state index contributed by atoms with van der Waals surface area (Å²) in [5, 5.41) is 25.5. The molecule has 7 nitrogen and oxygen atoms in total. The first-order chi connectivity index (χ1) is 13.8. The first kappa shape index (κ1) is 16.2. The largest absolute Gasteiger partial charge is 0.494 e. The van der Waals surface area contributed by atoms with E-state index in [-0.39, 0.29) is 5.88 Å². The molecular weight excluding hydrogens is 352 g/mol. The van der Waals surface area contributed by atoms with Crippen LogP contribution in [0.3, 0.4) is 0 Å². The molecular formula is C21H16N6O. The van der Waals surface area contributed by atoms with Crippen molar-refractivity contribution in [3.8, 4) is 28.4 Å². The van der Waals surface area contributed by atoms with E-state index in [1.54, 1.807) is 10.8 Å². The third kappa shape index (κ3) is 2.79. The molecule has 5 aromatic rings. The molecule has 0 aliphatic heterocycles. The molecule has 2 N–H and O–H groups in total. The number of hydrogen-bond donors (Lipinski definition) is 2. The Morgan fingerprint density at radius 1 is 0.929 bits per heavy atom. The first-order valence-electron chi connectivity index (χ1n) is 8.84. The van der Waals surface area contributed by atoms with E-state index in [0.29, 0.717) is 12.4 Å². The van der Waals surface area contributed by atoms with Crippen molar-refractivity contribution in [3.05, 3.63) is 78.6 Å². The van der Waals surface area contributed by atoms with Crippen molar-refractivity contribution in [2.75, 3.05) is 0 Å². The number of rotatable bonds is 4. The Morgan fingerprint density at radius 2 is 1.75 bits per heavy atom. The number of fused-ring (bicyclic) bond motifs is 1. The molecule has 5 rings (SSSR count). The maximum atomic E-state index is 10.4. The Labute approximate surface area is 160 Å². The van der Waals surface area contributed by atoms with Crippen LogP contribution in [0.25, 0.3) is 33.4 Å². The summed E-state index contributed by atoms with van der Waals surface area (Å²) in [5.74, 6) is 0.797. The predicted molar refractivity (Wildman–Crippen MR) is 106 cm³/mol. The lowest BCUT2D eigenvalue weighted by molar-refractivity contribution is 0.430. The smallest absolute Gasteiger partial charge is 0.205 e. The molecule has 3 aromatic heterocycles. The van der Waals surface area contributed by atoms with E-state index in [1.807, 2.05) is 42.6 Å². The molecule has 136 valence electrons. The minimum atomic E-state index is 0.231. The van der Waals surface area contributed by atoms with E-state index in [9.17, 15) is 5.11 Å². The molecule has 0 radical (unpaired) electrons. The zero-order chi connectivity index (χ0) is 18.9. The highest BCUT2D eigenvalue weighted by molar-refractivity contribution is 5.84. The molecule has 2 aromatic carbocycles. The van der Waals surface area contributed by atoms with Crippen LogP contribution in [0.15, 0.2) is 73.1 Å². The van der Waals surface area contributed by atoms with Crippen molar-refractivity contribution in [1.82, 2.24) is 30.2 Å². The normalized spacial score (nSPS) is 11.1. The average Bonchev–Trinajstić information content (AvgIpc) is 3.38. The Morgan fingerprint density at radius 3 is 2.50 bits per heavy atom. The lowest BCUT2D eigenvalue weighted by Gasteiger charge is -2.09. The number of tetrazole rings is 1. The molecule has 7 heteroatoms. The fourth-order valence-corrected chi connectivity index (χ4v) is 3.39. The zero-order valence-electron chi connectivity index (χ0n) is 14.8. The molecule has 0 unspecified atom stereocenters. The van der Waals surface area contributed by atoms with Crippen LogP contribution < -0.4 is 0 Å². The number of nitrogens with zero attached hydrogens (tertiary/aromatic N) is 5. The van der Waals surface area contributed by atoms with Gasteiger partial charge >= 0.3 is 0 Å². The van der Waals surface area contributed by atoms with Gasteiger partial charge < -0.3 is 9.67 Å². The van der Waals surface area contributed by atoms with Crippen molar-refractivity contribution < 1.29 is 5.11 Å². The van der Waals surface area contributed by atoms with Crippen LogP contribution in [-0.4, -0.2) is 35.3 Å². The van der Waals surface area contributed by atoms with Gasteiger partial charge in [-0.1, -0.05) is 48.5 Å². The number of H-pyrrole nitrogens is 1. The van der Waals surface area contributed by atoms with E-state index in [4.69, 9.17) is 0 Å². The lowest BCUT2D eigenvalue weighted by Crippen LogP contribution is -1.97. The Kier molecular flexibility index (Phi) is 3.83. The van der Waals surface area contributed by atoms with E-state index in [0.717, 1.165) is 33.2 Å². The minimum absolute atomic E-state index is 0.231. The molecule has 0 atom stereocenters. The topological polar surface area (TPSA) is 92.5 Å². The summed E-state index contributed by atoms with van der Waals surface area (Å²) in [6.07, 6.45) is 3.59. The number of benzene rings is 2. The van der Waals surface area contributed by atoms with Crippen LogP contribution in [0.5, 0.6) is 5.88 Å². The minimum Gasteiger partial charge on any atom is -0.494 e. The second kappa shape index (κ2) is 6.62. The van der Waals surface area contributed by atoms with Gasteiger partial charge in [-0.25, -0.2) is 0 Å². The Balaban J connectivity index is 1.46. The van der Waals surface area contributed by atoms with Gasteiger partial charge in [-0.3, -0.25) is 4.98 Å². The van der Waals surface area contributed by atoms with Crippen molar-refractivity contribution in [1.29, 1.82) is 0 Å². The second-order valence-corrected chi connectivity index (χ2v) is 6.49. The molecule has 3 heterocycles. The van der Waals surface area contributed by atoms with Gasteiger partial charge in [0.1, 0.15) is 0 Å². The SMILES string of the molecule is Oc1c2cccnc2cn1Cc1ccc(-c2ccccc2-c2nn[nH]n2)cc1. The molecule has 0 aliphatic rings. The Bertz CT molecular complexity index is 1240. The summed E-state index contributed by atoms with van der Waals surface area (Å²) >= 11 is 0. The van der Waals surface area contributed by atoms with Gasteiger partial charge in [-0.05, 0) is 34.0 Å². The van der Waals surface area contributed by atoms with E-state index < -0.39 is 0 Å². The maximum Gasteiger partial charge on any atom is 0.205 e. The molecule has 0 spiro atoms. The number of aromatic hydroxyl groups is 1. The second-order valence-electron chi connectivity index (χ2n) is 6.49. The van der Waals surface area contributed by atoms with Gasteiger partial charge in [0.15, 0.2) is 0 Å². The number of hydrogen-bond acceptors (Lipinski definition) is 5. The van der Waals surface area contributed by atoms with Crippen LogP contribution in [0.1, 0.15) is 5.56 Å². The van der Waals surface area contributed by atoms with Crippen molar-refractivity contribution in [3.63, 3.8) is 0 Å². The maximum absolute atomic E-state index is 10.4. The molecule has 0 bridgehead atoms. The summed E-state index contributed by atoms with van der Waals surface area (Å²) in [7, 11) is 0. The lowest BCUT2D eigenvalue weighted by atomic mass is 9.98. The van der Waals surface area contributed by atoms with Crippen molar-refractivity contribution in [2.24, 2.45) is 0 Å². The van der Waals surface area contributed by atoms with E-state index >= 15 is 0 Å². The van der Waals surface area contributed by atoms with Gasteiger partial charge in [0.05, 0.1) is 17.4 Å². The summed E-state index contributed by atoms with van der Waals surface area (Å²) < 4.78 is 1.81. The zero-order valence-corrected chi connectivity index (χ0v) is 14.8. The van der Waals surface area contributed by atoms with Crippen LogP contribution in [0, 0.1) is 0 Å². The van der Waals surface area contributed by atoms with E-state index in [2.05, 4.69) is 49.9 Å². The summed E-state index contributed by atoms with van der Waals surface area (Å²) in [6.45, 7) is 0.564. The predicted octanol–water partition coefficient (Wildman–Crippen LogP) is 3.64. The average molecular weight is 368 g/mol. The number of nitrogens with one attached hydrogen (secondary N) is 1. The van der Waals surface area contributed by atoms with E-state index in [1.165, 1.54) is 0 Å². The third-order valence-corrected chi connectivity index (χ3v) is 4.76. The van der Waals surface area contributed by atoms with Gasteiger partial charge in [-0.2, -0.15) is 5.21 Å². The Hall–Kier alpha value is -4.00. The van der Waals surface area contributed by atoms with Gasteiger partial charge in [-0.15, -0.1) is 10.2 Å². The number of pyridine rings is 1. The highest BCUT2D eigenvalue weighted by Gasteiger charge is 2.12. The van der Waals surface area contributed by atoms with Crippen molar-refractivity contribution >= 4 is 10.9 Å². The molecule has 0 aliphatic carbocycles. The molecule has 28 heavy (non-hydrogen) atoms. The standard InChI is InChI=1S/C21H16N6O/c28-21-18-6-3-11-22-19(18)13-27(21)12-14-7-9-15(10-8-14)16-4-1-2-5-17(16)20-23-25-26-24-20/h1-11,13,28H,12H2,(H,23,24,25,26). The summed E-state index contributed by atoms with van der Waals surface area (Å²) in [6, 6.07) is 19.9. The summed E-state index contributed by atoms with van der Waals surface area (Å²) in [4.78, 5) is 4.29. The van der Waals surface area contributed by atoms with Crippen molar-refractivity contribution in [2.45, 2.75) is 6.54 Å². The molecule has 0 amide bonds. The van der Waals surface area contributed by atoms with Crippen LogP contribution in [0.2, 0.25) is 0 Å². The van der Waals surface area contributed by atoms with Gasteiger partial charge in [0.2, 0.25) is 11.7 Å². The molecule has 0 fully saturated rings. The van der Waals surface area contributed by atoms with Crippen LogP contribution in [-0.2, 0) is 6.54 Å². The van der Waals surface area contributed by atoms with Gasteiger partial charge in [0.25, 0.3) is 0 Å². The fraction of sp³-hybridized carbons (Fsp3) is 0.0476. The number of aromatic amines is 1. The third-order valence-electron chi connectivity index (χ3n) is 4.76. The van der Waals surface area contributed by atoms with Crippen LogP contribution in [0.4, 0.5) is 0 Å². The molecule has 0 saturated heterocycles. The fourth-order valence-electron chi connectivity index (χ4n) is 3.39. The highest BCUT2D eigenvalue weighted by atomic mass is 16.3. The monoisotopic (exact) mass is 368 g/mol. The quantitative estimate of drug-likeness (QED) is 0.505. The van der Waals surface area contributed by atoms with Crippen LogP contribution >= 0.6 is 0 Å². The highest BCUT2D eigenvalue weighted by Crippen LogP contribution is 2.30. The summed E-state index contributed by atoms with van der Waals surface area (Å²) in [5.41, 5.74) is 4.88. The molecule has 0 saturated carbocycles. The number of aromatic nitrogens is 6.